The van der Waals surface area contributed by atoms with E-state index in [2.05, 4.69) is 10.1 Å². The molecule has 0 N–H and O–H groups in total. The van der Waals surface area contributed by atoms with Crippen LogP contribution in [0.5, 0.6) is 17.2 Å². The topological polar surface area (TPSA) is 78.7 Å². The Hall–Kier alpha value is -3.55. The van der Waals surface area contributed by atoms with Gasteiger partial charge >= 0.3 is 0 Å². The van der Waals surface area contributed by atoms with Crippen molar-refractivity contribution in [2.24, 2.45) is 0 Å². The van der Waals surface area contributed by atoms with Crippen LogP contribution in [0.25, 0.3) is 5.69 Å². The molecule has 1 amide bonds. The highest BCUT2D eigenvalue weighted by molar-refractivity contribution is 5.80. The number of amides is 1. The van der Waals surface area contributed by atoms with Gasteiger partial charge < -0.3 is 19.1 Å². The molecule has 8 nitrogen and oxygen atoms in total. The Bertz CT molecular complexity index is 987. The molecule has 158 valence electrons. The van der Waals surface area contributed by atoms with Crippen LogP contribution in [0.1, 0.15) is 24.1 Å². The quantitative estimate of drug-likeness (QED) is 0.568. The molecule has 0 spiro atoms. The van der Waals surface area contributed by atoms with Gasteiger partial charge in [0.05, 0.1) is 39.5 Å². The van der Waals surface area contributed by atoms with Crippen molar-refractivity contribution in [3.8, 4) is 22.9 Å². The summed E-state index contributed by atoms with van der Waals surface area (Å²) in [6.07, 6.45) is 3.32. The smallest absolute Gasteiger partial charge is 0.227 e. The third kappa shape index (κ3) is 4.22. The summed E-state index contributed by atoms with van der Waals surface area (Å²) in [6.45, 7) is 1.99. The van der Waals surface area contributed by atoms with Crippen LogP contribution >= 0.6 is 0 Å². The lowest BCUT2D eigenvalue weighted by Gasteiger charge is -2.26. The zero-order valence-corrected chi connectivity index (χ0v) is 17.8. The molecule has 30 heavy (non-hydrogen) atoms. The fourth-order valence-electron chi connectivity index (χ4n) is 3.28. The van der Waals surface area contributed by atoms with Crippen LogP contribution < -0.4 is 14.2 Å². The predicted molar refractivity (Wildman–Crippen MR) is 112 cm³/mol. The maximum absolute atomic E-state index is 13.0. The fraction of sp³-hybridized carbons (Fsp3) is 0.318. The minimum Gasteiger partial charge on any atom is -0.493 e. The molecule has 0 radical (unpaired) electrons. The minimum absolute atomic E-state index is 0.0339. The van der Waals surface area contributed by atoms with Gasteiger partial charge in [-0.15, -0.1) is 0 Å². The molecular weight excluding hydrogens is 384 g/mol. The summed E-state index contributed by atoms with van der Waals surface area (Å²) in [6, 6.07) is 11.4. The molecular formula is C22H26N4O4. The molecule has 0 unspecified atom stereocenters. The molecule has 0 aliphatic carbocycles. The highest BCUT2D eigenvalue weighted by atomic mass is 16.5. The number of methoxy groups -OCH3 is 3. The van der Waals surface area contributed by atoms with Crippen LogP contribution in [0.3, 0.4) is 0 Å². The van der Waals surface area contributed by atoms with Gasteiger partial charge in [0.2, 0.25) is 11.7 Å². The van der Waals surface area contributed by atoms with Gasteiger partial charge in [-0.25, -0.2) is 9.67 Å². The maximum Gasteiger partial charge on any atom is 0.227 e. The molecule has 1 atom stereocenters. The fourth-order valence-corrected chi connectivity index (χ4v) is 3.28. The van der Waals surface area contributed by atoms with Crippen molar-refractivity contribution < 1.29 is 19.0 Å². The Balaban J connectivity index is 1.75. The van der Waals surface area contributed by atoms with E-state index in [9.17, 15) is 4.79 Å². The third-order valence-electron chi connectivity index (χ3n) is 5.16. The molecule has 0 aliphatic heterocycles. The predicted octanol–water partition coefficient (Wildman–Crippen LogP) is 3.06. The number of hydrogen-bond donors (Lipinski definition) is 0. The molecule has 3 aromatic rings. The highest BCUT2D eigenvalue weighted by Gasteiger charge is 2.22. The number of hydrogen-bond acceptors (Lipinski definition) is 6. The molecule has 3 rings (SSSR count). The number of carbonyl (C=O) groups is 1. The summed E-state index contributed by atoms with van der Waals surface area (Å²) in [4.78, 5) is 18.7. The molecule has 0 bridgehead atoms. The van der Waals surface area contributed by atoms with Gasteiger partial charge in [0.25, 0.3) is 0 Å². The Morgan fingerprint density at radius 3 is 2.30 bits per heavy atom. The Labute approximate surface area is 176 Å². The van der Waals surface area contributed by atoms with E-state index in [-0.39, 0.29) is 18.4 Å². The standard InChI is InChI=1S/C22H26N4O4/c1-15(16-6-9-18(10-7-16)26-14-23-13-24-26)25(2)20(27)12-17-8-11-19(28-3)22(30-5)21(17)29-4/h6-11,13-15H,12H2,1-5H3/t15-/m0/s1. The Morgan fingerprint density at radius 1 is 1.03 bits per heavy atom. The highest BCUT2D eigenvalue weighted by Crippen LogP contribution is 2.40. The lowest BCUT2D eigenvalue weighted by atomic mass is 10.0. The SMILES string of the molecule is COc1ccc(CC(=O)N(C)[C@@H](C)c2ccc(-n3cncn3)cc2)c(OC)c1OC. The summed E-state index contributed by atoms with van der Waals surface area (Å²) < 4.78 is 17.9. The first kappa shape index (κ1) is 21.2. The average molecular weight is 410 g/mol. The van der Waals surface area contributed by atoms with Crippen LogP contribution in [0.2, 0.25) is 0 Å². The van der Waals surface area contributed by atoms with Crippen molar-refractivity contribution >= 4 is 5.91 Å². The van der Waals surface area contributed by atoms with Crippen molar-refractivity contribution in [2.75, 3.05) is 28.4 Å². The van der Waals surface area contributed by atoms with Gasteiger partial charge in [0, 0.05) is 12.6 Å². The molecule has 0 fully saturated rings. The second-order valence-corrected chi connectivity index (χ2v) is 6.78. The number of likely N-dealkylation sites (N-methyl/N-ethyl adjacent to an activating group) is 1. The van der Waals surface area contributed by atoms with E-state index in [4.69, 9.17) is 14.2 Å². The summed E-state index contributed by atoms with van der Waals surface area (Å²) in [7, 11) is 6.45. The van der Waals surface area contributed by atoms with Gasteiger partial charge in [0.1, 0.15) is 12.7 Å². The normalized spacial score (nSPS) is 11.6. The molecule has 0 aliphatic rings. The number of nitrogens with zero attached hydrogens (tertiary/aromatic N) is 4. The van der Waals surface area contributed by atoms with E-state index < -0.39 is 0 Å². The average Bonchev–Trinajstić information content (AvgIpc) is 3.32. The first-order chi connectivity index (χ1) is 14.5. The number of benzene rings is 2. The summed E-state index contributed by atoms with van der Waals surface area (Å²) in [5, 5.41) is 4.12. The van der Waals surface area contributed by atoms with Crippen LogP contribution in [0, 0.1) is 0 Å². The minimum atomic E-state index is -0.103. The summed E-state index contributed by atoms with van der Waals surface area (Å²) >= 11 is 0. The number of ether oxygens (including phenoxy) is 3. The monoisotopic (exact) mass is 410 g/mol. The van der Waals surface area contributed by atoms with E-state index >= 15 is 0 Å². The molecule has 2 aromatic carbocycles. The van der Waals surface area contributed by atoms with Crippen LogP contribution in [0.15, 0.2) is 49.1 Å². The van der Waals surface area contributed by atoms with Crippen LogP contribution in [0.4, 0.5) is 0 Å². The van der Waals surface area contributed by atoms with Crippen molar-refractivity contribution in [3.05, 3.63) is 60.2 Å². The molecule has 8 heteroatoms. The Kier molecular flexibility index (Phi) is 6.56. The van der Waals surface area contributed by atoms with Crippen LogP contribution in [-0.4, -0.2) is 53.9 Å². The number of rotatable bonds is 8. The largest absolute Gasteiger partial charge is 0.493 e. The van der Waals surface area contributed by atoms with E-state index in [0.717, 1.165) is 16.8 Å². The third-order valence-corrected chi connectivity index (χ3v) is 5.16. The molecule has 1 aromatic heterocycles. The first-order valence-electron chi connectivity index (χ1n) is 9.48. The molecule has 0 saturated heterocycles. The zero-order chi connectivity index (χ0) is 21.7. The second-order valence-electron chi connectivity index (χ2n) is 6.78. The van der Waals surface area contributed by atoms with Crippen molar-refractivity contribution in [1.29, 1.82) is 0 Å². The lowest BCUT2D eigenvalue weighted by molar-refractivity contribution is -0.131. The number of carbonyl (C=O) groups excluding carboxylic acids is 1. The number of aromatic nitrogens is 3. The zero-order valence-electron chi connectivity index (χ0n) is 17.8. The first-order valence-corrected chi connectivity index (χ1v) is 9.48. The second kappa shape index (κ2) is 9.30. The van der Waals surface area contributed by atoms with Gasteiger partial charge in [-0.1, -0.05) is 18.2 Å². The Morgan fingerprint density at radius 2 is 1.73 bits per heavy atom. The van der Waals surface area contributed by atoms with Crippen molar-refractivity contribution in [1.82, 2.24) is 19.7 Å². The van der Waals surface area contributed by atoms with Crippen molar-refractivity contribution in [2.45, 2.75) is 19.4 Å². The summed E-state index contributed by atoms with van der Waals surface area (Å²) in [5.74, 6) is 1.50. The lowest BCUT2D eigenvalue weighted by Crippen LogP contribution is -2.31. The summed E-state index contributed by atoms with van der Waals surface area (Å²) in [5.41, 5.74) is 2.67. The van der Waals surface area contributed by atoms with Crippen molar-refractivity contribution in [3.63, 3.8) is 0 Å². The van der Waals surface area contributed by atoms with E-state index in [1.807, 2.05) is 37.3 Å². The van der Waals surface area contributed by atoms with Gasteiger partial charge in [-0.2, -0.15) is 5.10 Å². The van der Waals surface area contributed by atoms with Gasteiger partial charge in [-0.3, -0.25) is 4.79 Å². The van der Waals surface area contributed by atoms with E-state index in [1.54, 1.807) is 50.4 Å². The molecule has 1 heterocycles. The van der Waals surface area contributed by atoms with Crippen LogP contribution in [-0.2, 0) is 11.2 Å². The maximum atomic E-state index is 13.0. The van der Waals surface area contributed by atoms with E-state index in [1.165, 1.54) is 6.33 Å². The van der Waals surface area contributed by atoms with E-state index in [0.29, 0.717) is 17.2 Å². The van der Waals surface area contributed by atoms with Gasteiger partial charge in [0.15, 0.2) is 11.5 Å². The van der Waals surface area contributed by atoms with Gasteiger partial charge in [-0.05, 0) is 30.7 Å². The molecule has 0 saturated carbocycles.